The number of nitrogens with zero attached hydrogens (tertiary/aromatic N) is 2. The van der Waals surface area contributed by atoms with Gasteiger partial charge in [0.25, 0.3) is 0 Å². The Balaban J connectivity index is 1.51. The van der Waals surface area contributed by atoms with E-state index in [-0.39, 0.29) is 17.8 Å². The van der Waals surface area contributed by atoms with E-state index in [1.165, 1.54) is 7.11 Å². The average Bonchev–Trinajstić information content (AvgIpc) is 2.74. The molecular weight excluding hydrogens is 356 g/mol. The largest absolute Gasteiger partial charge is 0.469 e. The topological polar surface area (TPSA) is 59.1 Å². The lowest BCUT2D eigenvalue weighted by Gasteiger charge is -2.32. The van der Waals surface area contributed by atoms with Gasteiger partial charge in [0, 0.05) is 25.8 Å². The summed E-state index contributed by atoms with van der Waals surface area (Å²) in [5.41, 5.74) is 0.943. The molecule has 0 unspecified atom stereocenters. The number of esters is 1. The fraction of sp³-hybridized carbons (Fsp3) is 0.364. The minimum atomic E-state index is -0.179. The third-order valence-corrected chi connectivity index (χ3v) is 5.01. The smallest absolute Gasteiger partial charge is 0.308 e. The first-order valence-corrected chi connectivity index (χ1v) is 9.46. The molecular formula is C22H26N2O4. The van der Waals surface area contributed by atoms with E-state index in [0.29, 0.717) is 32.5 Å². The van der Waals surface area contributed by atoms with Crippen LogP contribution in [-0.4, -0.2) is 50.6 Å². The average molecular weight is 382 g/mol. The Hall–Kier alpha value is -3.02. The van der Waals surface area contributed by atoms with Gasteiger partial charge in [-0.3, -0.25) is 9.59 Å². The van der Waals surface area contributed by atoms with Crippen LogP contribution in [0.2, 0.25) is 0 Å². The summed E-state index contributed by atoms with van der Waals surface area (Å²) in [5, 5.41) is 0. The fourth-order valence-corrected chi connectivity index (χ4v) is 3.32. The van der Waals surface area contributed by atoms with E-state index < -0.39 is 0 Å². The van der Waals surface area contributed by atoms with Crippen molar-refractivity contribution in [1.29, 1.82) is 0 Å². The van der Waals surface area contributed by atoms with Gasteiger partial charge >= 0.3 is 5.97 Å². The van der Waals surface area contributed by atoms with Gasteiger partial charge in [-0.15, -0.1) is 0 Å². The maximum absolute atomic E-state index is 12.6. The Morgan fingerprint density at radius 3 is 2.21 bits per heavy atom. The van der Waals surface area contributed by atoms with E-state index in [2.05, 4.69) is 0 Å². The van der Waals surface area contributed by atoms with Crippen molar-refractivity contribution in [3.63, 3.8) is 0 Å². The minimum absolute atomic E-state index is 0.0652. The Bertz CT molecular complexity index is 784. The molecule has 6 heteroatoms. The van der Waals surface area contributed by atoms with Crippen LogP contribution in [0.15, 0.2) is 54.6 Å². The number of amides is 1. The van der Waals surface area contributed by atoms with Crippen LogP contribution >= 0.6 is 0 Å². The second-order valence-electron chi connectivity index (χ2n) is 6.94. The van der Waals surface area contributed by atoms with Gasteiger partial charge in [-0.05, 0) is 49.2 Å². The molecule has 0 atom stereocenters. The molecule has 1 amide bonds. The molecule has 1 fully saturated rings. The van der Waals surface area contributed by atoms with E-state index in [4.69, 9.17) is 9.47 Å². The first kappa shape index (κ1) is 19.7. The molecule has 0 saturated carbocycles. The van der Waals surface area contributed by atoms with E-state index in [0.717, 1.165) is 17.2 Å². The van der Waals surface area contributed by atoms with Gasteiger partial charge in [-0.25, -0.2) is 0 Å². The van der Waals surface area contributed by atoms with Crippen LogP contribution in [0.5, 0.6) is 11.5 Å². The number of carbonyl (C=O) groups is 2. The summed E-state index contributed by atoms with van der Waals surface area (Å²) in [5.74, 6) is 1.33. The molecule has 2 aromatic rings. The minimum Gasteiger partial charge on any atom is -0.469 e. The van der Waals surface area contributed by atoms with Gasteiger partial charge in [0.1, 0.15) is 11.5 Å². The molecule has 0 N–H and O–H groups in total. The Morgan fingerprint density at radius 1 is 1.00 bits per heavy atom. The van der Waals surface area contributed by atoms with Crippen LogP contribution in [0.3, 0.4) is 0 Å². The number of ether oxygens (including phenoxy) is 2. The molecule has 0 spiro atoms. The lowest BCUT2D eigenvalue weighted by atomic mass is 9.97. The molecule has 3 rings (SSSR count). The number of benzene rings is 2. The molecule has 0 aromatic heterocycles. The fourth-order valence-electron chi connectivity index (χ4n) is 3.32. The normalized spacial score (nSPS) is 14.4. The van der Waals surface area contributed by atoms with Crippen molar-refractivity contribution in [3.8, 4) is 11.5 Å². The van der Waals surface area contributed by atoms with Crippen LogP contribution in [-0.2, 0) is 14.3 Å². The molecule has 1 aliphatic rings. The maximum Gasteiger partial charge on any atom is 0.308 e. The van der Waals surface area contributed by atoms with Crippen molar-refractivity contribution in [3.05, 3.63) is 54.6 Å². The maximum atomic E-state index is 12.6. The highest BCUT2D eigenvalue weighted by Crippen LogP contribution is 2.24. The third kappa shape index (κ3) is 5.03. The predicted molar refractivity (Wildman–Crippen MR) is 108 cm³/mol. The zero-order chi connectivity index (χ0) is 19.9. The number of anilines is 1. The summed E-state index contributed by atoms with van der Waals surface area (Å²) >= 11 is 0. The lowest BCUT2D eigenvalue weighted by Crippen LogP contribution is -2.44. The first-order valence-electron chi connectivity index (χ1n) is 9.46. The number of carbonyl (C=O) groups excluding carboxylic acids is 2. The highest BCUT2D eigenvalue weighted by atomic mass is 16.5. The van der Waals surface area contributed by atoms with Crippen molar-refractivity contribution in [1.82, 2.24) is 4.90 Å². The van der Waals surface area contributed by atoms with Gasteiger partial charge in [-0.1, -0.05) is 18.2 Å². The number of methoxy groups -OCH3 is 1. The monoisotopic (exact) mass is 382 g/mol. The van der Waals surface area contributed by atoms with Gasteiger partial charge in [0.05, 0.1) is 19.6 Å². The van der Waals surface area contributed by atoms with E-state index in [1.54, 1.807) is 0 Å². The van der Waals surface area contributed by atoms with E-state index in [9.17, 15) is 9.59 Å². The lowest BCUT2D eigenvalue weighted by molar-refractivity contribution is -0.148. The Morgan fingerprint density at radius 2 is 1.61 bits per heavy atom. The summed E-state index contributed by atoms with van der Waals surface area (Å²) < 4.78 is 10.6. The number of hydrogen-bond donors (Lipinski definition) is 0. The van der Waals surface area contributed by atoms with Gasteiger partial charge in [0.15, 0.2) is 0 Å². The van der Waals surface area contributed by atoms with Crippen LogP contribution in [0.25, 0.3) is 0 Å². The number of likely N-dealkylation sites (N-methyl/N-ethyl adjacent to an activating group) is 1. The highest BCUT2D eigenvalue weighted by molar-refractivity contribution is 5.82. The predicted octanol–water partition coefficient (Wildman–Crippen LogP) is 3.33. The Labute approximate surface area is 165 Å². The molecule has 0 bridgehead atoms. The quantitative estimate of drug-likeness (QED) is 0.718. The zero-order valence-corrected chi connectivity index (χ0v) is 16.3. The molecule has 1 aliphatic heterocycles. The number of rotatable bonds is 6. The number of piperidine rings is 1. The van der Waals surface area contributed by atoms with Gasteiger partial charge < -0.3 is 19.3 Å². The van der Waals surface area contributed by atoms with Crippen LogP contribution in [0.4, 0.5) is 5.69 Å². The molecule has 28 heavy (non-hydrogen) atoms. The van der Waals surface area contributed by atoms with Crippen LogP contribution in [0.1, 0.15) is 12.8 Å². The molecule has 1 heterocycles. The summed E-state index contributed by atoms with van der Waals surface area (Å²) in [6.45, 7) is 1.48. The summed E-state index contributed by atoms with van der Waals surface area (Å²) in [6, 6.07) is 17.3. The summed E-state index contributed by atoms with van der Waals surface area (Å²) in [4.78, 5) is 27.9. The van der Waals surface area contributed by atoms with Crippen molar-refractivity contribution < 1.29 is 19.1 Å². The second-order valence-corrected chi connectivity index (χ2v) is 6.94. The molecule has 6 nitrogen and oxygen atoms in total. The van der Waals surface area contributed by atoms with E-state index in [1.807, 2.05) is 71.4 Å². The van der Waals surface area contributed by atoms with E-state index >= 15 is 0 Å². The molecule has 0 radical (unpaired) electrons. The SMILES string of the molecule is COC(=O)C1CCN(C(=O)CN(C)c2ccc(Oc3ccccc3)cc2)CC1. The van der Waals surface area contributed by atoms with Crippen molar-refractivity contribution in [2.24, 2.45) is 5.92 Å². The Kier molecular flexibility index (Phi) is 6.53. The van der Waals surface area contributed by atoms with Crippen molar-refractivity contribution in [2.45, 2.75) is 12.8 Å². The van der Waals surface area contributed by atoms with Gasteiger partial charge in [0.2, 0.25) is 5.91 Å². The number of hydrogen-bond acceptors (Lipinski definition) is 5. The van der Waals surface area contributed by atoms with Crippen molar-refractivity contribution in [2.75, 3.05) is 38.7 Å². The zero-order valence-electron chi connectivity index (χ0n) is 16.3. The molecule has 148 valence electrons. The van der Waals surface area contributed by atoms with Gasteiger partial charge in [-0.2, -0.15) is 0 Å². The summed E-state index contributed by atoms with van der Waals surface area (Å²) in [6.07, 6.45) is 1.32. The molecule has 0 aliphatic carbocycles. The highest BCUT2D eigenvalue weighted by Gasteiger charge is 2.28. The van der Waals surface area contributed by atoms with Crippen LogP contribution < -0.4 is 9.64 Å². The van der Waals surface area contributed by atoms with Crippen LogP contribution in [0, 0.1) is 5.92 Å². The number of likely N-dealkylation sites (tertiary alicyclic amines) is 1. The standard InChI is InChI=1S/C22H26N2O4/c1-23(16-21(25)24-14-12-17(13-15-24)22(26)27-2)18-8-10-20(11-9-18)28-19-6-4-3-5-7-19/h3-11,17H,12-16H2,1-2H3. The number of para-hydroxylation sites is 1. The molecule has 1 saturated heterocycles. The first-order chi connectivity index (χ1) is 13.6. The van der Waals surface area contributed by atoms with Crippen molar-refractivity contribution >= 4 is 17.6 Å². The summed E-state index contributed by atoms with van der Waals surface area (Å²) in [7, 11) is 3.30. The third-order valence-electron chi connectivity index (χ3n) is 5.01. The molecule has 2 aromatic carbocycles. The second kappa shape index (κ2) is 9.26.